The monoisotopic (exact) mass is 618 g/mol. The Hall–Kier alpha value is -3.64. The Labute approximate surface area is 216 Å². The van der Waals surface area contributed by atoms with Gasteiger partial charge < -0.3 is 9.67 Å². The van der Waals surface area contributed by atoms with Gasteiger partial charge in [-0.25, -0.2) is 17.5 Å². The van der Waals surface area contributed by atoms with E-state index < -0.39 is 59.2 Å². The summed E-state index contributed by atoms with van der Waals surface area (Å²) >= 11 is -1.07. The van der Waals surface area contributed by atoms with E-state index >= 15 is 0 Å². The van der Waals surface area contributed by atoms with Crippen LogP contribution in [0.3, 0.4) is 0 Å². The highest BCUT2D eigenvalue weighted by Crippen LogP contribution is 2.25. The van der Waals surface area contributed by atoms with Crippen LogP contribution >= 0.6 is 20.7 Å². The molecule has 0 bridgehead atoms. The van der Waals surface area contributed by atoms with E-state index in [1.54, 1.807) is 0 Å². The molecule has 7 nitrogen and oxygen atoms in total. The molecule has 0 unspecified atom stereocenters. The van der Waals surface area contributed by atoms with Gasteiger partial charge in [0.2, 0.25) is 5.43 Å². The third-order valence-corrected chi connectivity index (χ3v) is 8.78. The Balaban J connectivity index is 1.68. The lowest BCUT2D eigenvalue weighted by molar-refractivity contribution is 0.0979. The van der Waals surface area contributed by atoms with Crippen molar-refractivity contribution in [2.24, 2.45) is 0 Å². The first-order chi connectivity index (χ1) is 17.2. The minimum atomic E-state index is -4.42. The molecule has 4 rings (SSSR count). The third-order valence-electron chi connectivity index (χ3n) is 5.31. The molecule has 1 amide bonds. The van der Waals surface area contributed by atoms with Gasteiger partial charge in [0.25, 0.3) is 15.9 Å². The zero-order valence-corrected chi connectivity index (χ0v) is 21.7. The Morgan fingerprint density at radius 3 is 2.44 bits per heavy atom. The van der Waals surface area contributed by atoms with Gasteiger partial charge in [0.05, 0.1) is 6.20 Å². The van der Waals surface area contributed by atoms with E-state index in [9.17, 15) is 27.5 Å². The van der Waals surface area contributed by atoms with Crippen LogP contribution in [0.2, 0.25) is 0 Å². The van der Waals surface area contributed by atoms with Gasteiger partial charge in [0, 0.05) is 16.3 Å². The summed E-state index contributed by atoms with van der Waals surface area (Å²) in [6.45, 7) is 0.194. The number of benzene rings is 3. The van der Waals surface area contributed by atoms with E-state index in [2.05, 4.69) is 4.51 Å². The second-order valence-electron chi connectivity index (χ2n) is 7.72. The fraction of sp³-hybridized carbons (Fsp3) is 0.0385. The largest absolute Gasteiger partial charge is 0.503 e. The number of sulfonamides is 1. The summed E-state index contributed by atoms with van der Waals surface area (Å²) in [6, 6.07) is 20.2. The van der Waals surface area contributed by atoms with Gasteiger partial charge in [0.1, 0.15) is 16.3 Å². The molecule has 1 heterocycles. The molecule has 2 N–H and O–H groups in total. The van der Waals surface area contributed by atoms with Crippen LogP contribution in [0.15, 0.2) is 94.9 Å². The first-order valence-electron chi connectivity index (χ1n) is 10.5. The predicted octanol–water partition coefficient (Wildman–Crippen LogP) is 4.10. The summed E-state index contributed by atoms with van der Waals surface area (Å²) in [5, 5.41) is 10.2. The Morgan fingerprint density at radius 2 is 1.72 bits per heavy atom. The minimum Gasteiger partial charge on any atom is -0.503 e. The zero-order valence-electron chi connectivity index (χ0n) is 18.7. The lowest BCUT2D eigenvalue weighted by Crippen LogP contribution is -2.34. The van der Waals surface area contributed by atoms with Gasteiger partial charge in [-0.05, 0) is 34.9 Å². The maximum Gasteiger partial charge on any atom is 0.270 e. The Bertz CT molecular complexity index is 1640. The molecule has 3 aromatic carbocycles. The number of nitrogens with one attached hydrogen (secondary N) is 1. The molecule has 0 radical (unpaired) electrons. The molecule has 0 saturated heterocycles. The number of nitrogens with zero attached hydrogens (tertiary/aromatic N) is 1. The Morgan fingerprint density at radius 1 is 1.03 bits per heavy atom. The van der Waals surface area contributed by atoms with E-state index in [1.165, 1.54) is 17.0 Å². The molecule has 0 atom stereocenters. The van der Waals surface area contributed by atoms with E-state index in [0.29, 0.717) is 0 Å². The molecule has 1 aromatic heterocycles. The summed E-state index contributed by atoms with van der Waals surface area (Å²) in [6.07, 6.45) is 2.37. The van der Waals surface area contributed by atoms with Crippen LogP contribution in [0.25, 0.3) is 11.1 Å². The maximum atomic E-state index is 13.5. The number of rotatable bonds is 7. The molecule has 0 aliphatic heterocycles. The number of pyridine rings is 1. The SMILES string of the molecule is C=Ic1cc(F)ccc1S(=O)(=O)NC(=O)c1cn(Cc2ccccc2-c2ccccc2)cc(O)c1=O. The number of aromatic nitrogens is 1. The minimum absolute atomic E-state index is 0.180. The van der Waals surface area contributed by atoms with Crippen molar-refractivity contribution >= 4 is 41.2 Å². The van der Waals surface area contributed by atoms with Crippen molar-refractivity contribution in [3.05, 3.63) is 116 Å². The highest BCUT2D eigenvalue weighted by molar-refractivity contribution is 14.2. The van der Waals surface area contributed by atoms with Crippen LogP contribution in [0.4, 0.5) is 4.39 Å². The van der Waals surface area contributed by atoms with Crippen molar-refractivity contribution in [3.8, 4) is 16.9 Å². The van der Waals surface area contributed by atoms with Gasteiger partial charge in [-0.15, -0.1) is 0 Å². The lowest BCUT2D eigenvalue weighted by atomic mass is 9.99. The van der Waals surface area contributed by atoms with Gasteiger partial charge >= 0.3 is 0 Å². The molecule has 184 valence electrons. The first-order valence-corrected chi connectivity index (χ1v) is 14.6. The summed E-state index contributed by atoms with van der Waals surface area (Å²) in [4.78, 5) is 25.1. The van der Waals surface area contributed by atoms with Crippen LogP contribution in [0, 0.1) is 9.39 Å². The smallest absolute Gasteiger partial charge is 0.270 e. The van der Waals surface area contributed by atoms with Gasteiger partial charge in [0.15, 0.2) is 5.75 Å². The molecule has 0 aliphatic rings. The van der Waals surface area contributed by atoms with Crippen molar-refractivity contribution < 1.29 is 22.7 Å². The fourth-order valence-electron chi connectivity index (χ4n) is 3.65. The fourth-order valence-corrected chi connectivity index (χ4v) is 6.99. The van der Waals surface area contributed by atoms with Crippen LogP contribution in [-0.2, 0) is 16.6 Å². The topological polar surface area (TPSA) is 105 Å². The highest BCUT2D eigenvalue weighted by atomic mass is 127. The number of amides is 1. The summed E-state index contributed by atoms with van der Waals surface area (Å²) in [5.74, 6) is -2.54. The summed E-state index contributed by atoms with van der Waals surface area (Å²) < 4.78 is 46.4. The average molecular weight is 618 g/mol. The van der Waals surface area contributed by atoms with Crippen molar-refractivity contribution in [1.82, 2.24) is 9.29 Å². The molecule has 36 heavy (non-hydrogen) atoms. The van der Waals surface area contributed by atoms with Crippen molar-refractivity contribution in [2.45, 2.75) is 11.4 Å². The van der Waals surface area contributed by atoms with Crippen LogP contribution in [0.5, 0.6) is 5.75 Å². The van der Waals surface area contributed by atoms with Gasteiger partial charge in [-0.1, -0.05) is 79.8 Å². The summed E-state index contributed by atoms with van der Waals surface area (Å²) in [5.41, 5.74) is 1.17. The standard InChI is InChI=1S/C26H20FIN2O5S/c1-28-22-13-19(27)11-12-24(22)36(34,35)29-26(33)21-15-30(16-23(31)25(21)32)14-18-9-5-6-10-20(18)17-7-3-2-4-8-17/h2-13,15-16,31H,1,14H2,(H,29,33). The predicted molar refractivity (Wildman–Crippen MR) is 144 cm³/mol. The molecular weight excluding hydrogens is 598 g/mol. The maximum absolute atomic E-state index is 13.5. The zero-order chi connectivity index (χ0) is 25.9. The number of carbonyl (C=O) groups is 1. The van der Waals surface area contributed by atoms with Crippen LogP contribution < -0.4 is 10.2 Å². The second-order valence-corrected chi connectivity index (χ2v) is 11.3. The number of hydrogen-bond acceptors (Lipinski definition) is 5. The molecule has 0 aliphatic carbocycles. The second kappa shape index (κ2) is 10.5. The van der Waals surface area contributed by atoms with Crippen LogP contribution in [-0.4, -0.2) is 28.5 Å². The third kappa shape index (κ3) is 5.44. The number of aromatic hydroxyl groups is 1. The quantitative estimate of drug-likeness (QED) is 0.304. The molecule has 10 heteroatoms. The van der Waals surface area contributed by atoms with Gasteiger partial charge in [-0.2, -0.15) is 0 Å². The number of carbonyl (C=O) groups excluding carboxylic acids is 1. The highest BCUT2D eigenvalue weighted by Gasteiger charge is 2.24. The molecular formula is C26H20FIN2O5S. The molecule has 0 fully saturated rings. The first kappa shape index (κ1) is 25.5. The van der Waals surface area contributed by atoms with Crippen molar-refractivity contribution in [2.75, 3.05) is 0 Å². The normalized spacial score (nSPS) is 11.2. The summed E-state index contributed by atoms with van der Waals surface area (Å²) in [7, 11) is -4.42. The van der Waals surface area contributed by atoms with Crippen molar-refractivity contribution in [1.29, 1.82) is 0 Å². The number of hydrogen-bond donors (Lipinski definition) is 2. The van der Waals surface area contributed by atoms with E-state index in [0.717, 1.165) is 34.9 Å². The van der Waals surface area contributed by atoms with Crippen LogP contribution in [0.1, 0.15) is 15.9 Å². The van der Waals surface area contributed by atoms with E-state index in [-0.39, 0.29) is 15.0 Å². The average Bonchev–Trinajstić information content (AvgIpc) is 2.86. The van der Waals surface area contributed by atoms with Crippen molar-refractivity contribution in [3.63, 3.8) is 0 Å². The molecule has 4 aromatic rings. The molecule has 0 spiro atoms. The lowest BCUT2D eigenvalue weighted by Gasteiger charge is -2.14. The molecule has 0 saturated carbocycles. The Kier molecular flexibility index (Phi) is 7.45. The number of halogens is 2. The van der Waals surface area contributed by atoms with E-state index in [4.69, 9.17) is 0 Å². The van der Waals surface area contributed by atoms with E-state index in [1.807, 2.05) is 59.3 Å². The van der Waals surface area contributed by atoms with Gasteiger partial charge in [-0.3, -0.25) is 9.59 Å².